The van der Waals surface area contributed by atoms with Crippen LogP contribution in [-0.2, 0) is 27.8 Å². The van der Waals surface area contributed by atoms with Crippen LogP contribution in [0.25, 0.3) is 0 Å². The van der Waals surface area contributed by atoms with Gasteiger partial charge in [0.1, 0.15) is 16.8 Å². The van der Waals surface area contributed by atoms with Crippen LogP contribution >= 0.6 is 15.9 Å². The third-order valence-electron chi connectivity index (χ3n) is 5.36. The molecule has 3 aromatic rings. The fraction of sp³-hybridized carbons (Fsp3) is 0.174. The first-order valence-electron chi connectivity index (χ1n) is 9.67. The maximum atomic E-state index is 14.4. The molecule has 0 unspecified atom stereocenters. The van der Waals surface area contributed by atoms with Gasteiger partial charge in [0.15, 0.2) is 0 Å². The quantitative estimate of drug-likeness (QED) is 0.564. The van der Waals surface area contributed by atoms with Crippen LogP contribution in [0.5, 0.6) is 0 Å². The smallest absolute Gasteiger partial charge is 0.247 e. The van der Waals surface area contributed by atoms with Crippen LogP contribution in [0.2, 0.25) is 0 Å². The molecular formula is C23H20BrFN2O3S. The molecule has 3 aromatic carbocycles. The summed E-state index contributed by atoms with van der Waals surface area (Å²) < 4.78 is 43.1. The number of sulfonamides is 1. The number of benzene rings is 3. The maximum Gasteiger partial charge on any atom is 0.247 e. The van der Waals surface area contributed by atoms with Crippen molar-refractivity contribution in [2.75, 3.05) is 5.32 Å². The minimum Gasteiger partial charge on any atom is -0.325 e. The number of carbonyl (C=O) groups is 1. The number of halogens is 2. The van der Waals surface area contributed by atoms with E-state index in [1.54, 1.807) is 12.1 Å². The lowest BCUT2D eigenvalue weighted by atomic mass is 9.95. The van der Waals surface area contributed by atoms with Gasteiger partial charge >= 0.3 is 0 Å². The largest absolute Gasteiger partial charge is 0.325 e. The first-order chi connectivity index (χ1) is 14.8. The zero-order chi connectivity index (χ0) is 22.2. The first kappa shape index (κ1) is 21.7. The minimum absolute atomic E-state index is 0.00963. The van der Waals surface area contributed by atoms with Crippen LogP contribution < -0.4 is 5.32 Å². The third-order valence-corrected chi connectivity index (χ3v) is 8.13. The summed E-state index contributed by atoms with van der Waals surface area (Å²) in [5, 5.41) is 2.82. The number of aryl methyl sites for hydroxylation is 1. The van der Waals surface area contributed by atoms with E-state index < -0.39 is 32.7 Å². The summed E-state index contributed by atoms with van der Waals surface area (Å²) in [6, 6.07) is 16.9. The zero-order valence-corrected chi connectivity index (χ0v) is 19.1. The van der Waals surface area contributed by atoms with Crippen LogP contribution in [0, 0.1) is 12.7 Å². The van der Waals surface area contributed by atoms with Crippen molar-refractivity contribution in [2.24, 2.45) is 0 Å². The van der Waals surface area contributed by atoms with E-state index in [0.717, 1.165) is 31.5 Å². The molecule has 0 saturated carbocycles. The average Bonchev–Trinajstić information content (AvgIpc) is 2.75. The van der Waals surface area contributed by atoms with Gasteiger partial charge in [-0.05, 0) is 60.4 Å². The summed E-state index contributed by atoms with van der Waals surface area (Å²) in [6.45, 7) is 1.88. The van der Waals surface area contributed by atoms with Crippen LogP contribution in [0.15, 0.2) is 76.1 Å². The summed E-state index contributed by atoms with van der Waals surface area (Å²) in [5.74, 6) is -1.31. The molecule has 1 atom stereocenters. The summed E-state index contributed by atoms with van der Waals surface area (Å²) in [4.78, 5) is 12.8. The molecule has 31 heavy (non-hydrogen) atoms. The summed E-state index contributed by atoms with van der Waals surface area (Å²) in [7, 11) is -4.25. The van der Waals surface area contributed by atoms with E-state index in [-0.39, 0.29) is 13.0 Å². The van der Waals surface area contributed by atoms with Crippen molar-refractivity contribution >= 4 is 37.5 Å². The number of nitrogens with zero attached hydrogens (tertiary/aromatic N) is 1. The Morgan fingerprint density at radius 2 is 1.74 bits per heavy atom. The SMILES string of the molecule is Cc1cc(NC(=O)[C@H]2Cc3ccccc3CN2S(=O)(=O)c2ccccc2F)ccc1Br. The van der Waals surface area contributed by atoms with Crippen molar-refractivity contribution in [1.82, 2.24) is 4.31 Å². The Kier molecular flexibility index (Phi) is 5.96. The summed E-state index contributed by atoms with van der Waals surface area (Å²) in [5.41, 5.74) is 3.19. The molecule has 0 bridgehead atoms. The van der Waals surface area contributed by atoms with Crippen LogP contribution in [0.1, 0.15) is 16.7 Å². The molecule has 8 heteroatoms. The molecule has 1 N–H and O–H groups in total. The zero-order valence-electron chi connectivity index (χ0n) is 16.7. The van der Waals surface area contributed by atoms with E-state index in [2.05, 4.69) is 21.2 Å². The average molecular weight is 503 g/mol. The van der Waals surface area contributed by atoms with Gasteiger partial charge in [0, 0.05) is 16.7 Å². The van der Waals surface area contributed by atoms with Gasteiger partial charge in [-0.1, -0.05) is 52.3 Å². The molecule has 0 fully saturated rings. The van der Waals surface area contributed by atoms with Gasteiger partial charge in [0.05, 0.1) is 0 Å². The van der Waals surface area contributed by atoms with Gasteiger partial charge in [0.2, 0.25) is 15.9 Å². The number of fused-ring (bicyclic) bond motifs is 1. The number of nitrogens with one attached hydrogen (secondary N) is 1. The number of rotatable bonds is 4. The predicted molar refractivity (Wildman–Crippen MR) is 121 cm³/mol. The van der Waals surface area contributed by atoms with Gasteiger partial charge in [0.25, 0.3) is 0 Å². The van der Waals surface area contributed by atoms with E-state index in [1.807, 2.05) is 37.3 Å². The van der Waals surface area contributed by atoms with Gasteiger partial charge in [-0.3, -0.25) is 4.79 Å². The van der Waals surface area contributed by atoms with Gasteiger partial charge in [-0.2, -0.15) is 4.31 Å². The van der Waals surface area contributed by atoms with Gasteiger partial charge < -0.3 is 5.32 Å². The second-order valence-electron chi connectivity index (χ2n) is 7.42. The summed E-state index contributed by atoms with van der Waals surface area (Å²) in [6.07, 6.45) is 0.200. The Bertz CT molecular complexity index is 1260. The molecule has 0 spiro atoms. The maximum absolute atomic E-state index is 14.4. The molecular weight excluding hydrogens is 483 g/mol. The molecule has 0 aliphatic carbocycles. The van der Waals surface area contributed by atoms with Crippen molar-refractivity contribution in [1.29, 1.82) is 0 Å². The summed E-state index contributed by atoms with van der Waals surface area (Å²) >= 11 is 3.42. The van der Waals surface area contributed by atoms with E-state index in [1.165, 1.54) is 18.2 Å². The molecule has 1 aliphatic heterocycles. The third kappa shape index (κ3) is 4.28. The molecule has 160 valence electrons. The topological polar surface area (TPSA) is 66.5 Å². The first-order valence-corrected chi connectivity index (χ1v) is 11.9. The molecule has 1 aliphatic rings. The van der Waals surface area contributed by atoms with Gasteiger partial charge in [-0.25, -0.2) is 12.8 Å². The van der Waals surface area contributed by atoms with Crippen molar-refractivity contribution < 1.29 is 17.6 Å². The molecule has 0 radical (unpaired) electrons. The van der Waals surface area contributed by atoms with Crippen molar-refractivity contribution in [3.05, 3.63) is 93.7 Å². The van der Waals surface area contributed by atoms with Crippen LogP contribution in [-0.4, -0.2) is 24.7 Å². The number of amides is 1. The second-order valence-corrected chi connectivity index (χ2v) is 10.1. The van der Waals surface area contributed by atoms with Crippen molar-refractivity contribution in [3.63, 3.8) is 0 Å². The Morgan fingerprint density at radius 1 is 1.06 bits per heavy atom. The fourth-order valence-corrected chi connectivity index (χ4v) is 5.58. The van der Waals surface area contributed by atoms with E-state index in [4.69, 9.17) is 0 Å². The lowest BCUT2D eigenvalue weighted by Gasteiger charge is -2.35. The standard InChI is InChI=1S/C23H20BrFN2O3S/c1-15-12-18(10-11-19(15)24)26-23(28)21-13-16-6-2-3-7-17(16)14-27(21)31(29,30)22-9-5-4-8-20(22)25/h2-12,21H,13-14H2,1H3,(H,26,28)/t21-/m1/s1. The highest BCUT2D eigenvalue weighted by Gasteiger charge is 2.40. The molecule has 4 rings (SSSR count). The van der Waals surface area contributed by atoms with Crippen molar-refractivity contribution in [3.8, 4) is 0 Å². The molecule has 1 heterocycles. The van der Waals surface area contributed by atoms with E-state index in [9.17, 15) is 17.6 Å². The van der Waals surface area contributed by atoms with Crippen LogP contribution in [0.3, 0.4) is 0 Å². The minimum atomic E-state index is -4.25. The number of carbonyl (C=O) groups excluding carboxylic acids is 1. The van der Waals surface area contributed by atoms with Gasteiger partial charge in [-0.15, -0.1) is 0 Å². The normalized spacial score (nSPS) is 16.5. The molecule has 0 aromatic heterocycles. The molecule has 5 nitrogen and oxygen atoms in total. The Balaban J connectivity index is 1.73. The monoisotopic (exact) mass is 502 g/mol. The number of anilines is 1. The Hall–Kier alpha value is -2.55. The molecule has 1 amide bonds. The van der Waals surface area contributed by atoms with Crippen LogP contribution in [0.4, 0.5) is 10.1 Å². The van der Waals surface area contributed by atoms with E-state index in [0.29, 0.717) is 5.69 Å². The predicted octanol–water partition coefficient (Wildman–Crippen LogP) is 4.65. The Morgan fingerprint density at radius 3 is 2.45 bits per heavy atom. The van der Waals surface area contributed by atoms with Crippen molar-refractivity contribution in [2.45, 2.75) is 30.8 Å². The molecule has 0 saturated heterocycles. The van der Waals surface area contributed by atoms with E-state index >= 15 is 0 Å². The Labute approximate surface area is 189 Å². The number of hydrogen-bond donors (Lipinski definition) is 1. The lowest BCUT2D eigenvalue weighted by Crippen LogP contribution is -2.50. The highest BCUT2D eigenvalue weighted by Crippen LogP contribution is 2.31. The second kappa shape index (κ2) is 8.53. The fourth-order valence-electron chi connectivity index (χ4n) is 3.70. The lowest BCUT2D eigenvalue weighted by molar-refractivity contribution is -0.120. The number of hydrogen-bond acceptors (Lipinski definition) is 3. The highest BCUT2D eigenvalue weighted by atomic mass is 79.9. The highest BCUT2D eigenvalue weighted by molar-refractivity contribution is 9.10.